The minimum atomic E-state index is -4.44. The number of ether oxygens (including phenoxy) is 1. The predicted molar refractivity (Wildman–Crippen MR) is 95.9 cm³/mol. The number of nitrogens with one attached hydrogen (secondary N) is 1. The van der Waals surface area contributed by atoms with E-state index < -0.39 is 17.6 Å². The summed E-state index contributed by atoms with van der Waals surface area (Å²) in [5.41, 5.74) is 0.686. The van der Waals surface area contributed by atoms with E-state index in [9.17, 15) is 18.0 Å². The van der Waals surface area contributed by atoms with E-state index in [1.165, 1.54) is 12.1 Å². The Labute approximate surface area is 159 Å². The van der Waals surface area contributed by atoms with E-state index in [2.05, 4.69) is 10.5 Å². The molecule has 3 rings (SSSR count). The number of nitrogens with zero attached hydrogens (tertiary/aromatic N) is 1. The third-order valence-electron chi connectivity index (χ3n) is 3.95. The molecule has 1 N–H and O–H groups in total. The van der Waals surface area contributed by atoms with Gasteiger partial charge in [-0.15, -0.1) is 0 Å². The van der Waals surface area contributed by atoms with Gasteiger partial charge in [-0.05, 0) is 25.1 Å². The Morgan fingerprint density at radius 2 is 1.89 bits per heavy atom. The van der Waals surface area contributed by atoms with Crippen molar-refractivity contribution in [2.45, 2.75) is 13.1 Å². The van der Waals surface area contributed by atoms with Gasteiger partial charge in [-0.2, -0.15) is 13.2 Å². The summed E-state index contributed by atoms with van der Waals surface area (Å²) in [6.07, 6.45) is -4.44. The molecule has 0 unspecified atom stereocenters. The van der Waals surface area contributed by atoms with Crippen LogP contribution in [0, 0.1) is 6.92 Å². The van der Waals surface area contributed by atoms with Gasteiger partial charge in [0.2, 0.25) is 0 Å². The van der Waals surface area contributed by atoms with Crippen LogP contribution in [0.5, 0.6) is 5.75 Å². The van der Waals surface area contributed by atoms with Crippen molar-refractivity contribution in [2.75, 3.05) is 13.2 Å². The molecule has 0 bridgehead atoms. The third-order valence-corrected chi connectivity index (χ3v) is 3.95. The standard InChI is InChI=1S/C20H17F3N2O3/c1-13-17(18(25-28-13)14-6-3-2-4-7-14)19(26)24-10-11-27-16-9-5-8-15(12-16)20(21,22)23/h2-9,12H,10-11H2,1H3,(H,24,26). The zero-order chi connectivity index (χ0) is 20.1. The lowest BCUT2D eigenvalue weighted by molar-refractivity contribution is -0.137. The first-order valence-corrected chi connectivity index (χ1v) is 8.46. The van der Waals surface area contributed by atoms with Crippen molar-refractivity contribution in [2.24, 2.45) is 0 Å². The maximum atomic E-state index is 12.7. The van der Waals surface area contributed by atoms with Crippen molar-refractivity contribution >= 4 is 5.91 Å². The molecular formula is C20H17F3N2O3. The van der Waals surface area contributed by atoms with Gasteiger partial charge in [-0.25, -0.2) is 0 Å². The number of benzene rings is 2. The molecule has 0 aliphatic rings. The lowest BCUT2D eigenvalue weighted by Crippen LogP contribution is -2.28. The number of hydrogen-bond donors (Lipinski definition) is 1. The molecule has 8 heteroatoms. The summed E-state index contributed by atoms with van der Waals surface area (Å²) >= 11 is 0. The van der Waals surface area contributed by atoms with E-state index in [4.69, 9.17) is 9.26 Å². The van der Waals surface area contributed by atoms with Crippen LogP contribution in [0.15, 0.2) is 59.1 Å². The van der Waals surface area contributed by atoms with Crippen LogP contribution in [-0.2, 0) is 6.18 Å². The molecule has 5 nitrogen and oxygen atoms in total. The van der Waals surface area contributed by atoms with Crippen LogP contribution in [0.25, 0.3) is 11.3 Å². The maximum Gasteiger partial charge on any atom is 0.416 e. The second kappa shape index (κ2) is 8.16. The largest absolute Gasteiger partial charge is 0.492 e. The van der Waals surface area contributed by atoms with Crippen molar-refractivity contribution in [3.8, 4) is 17.0 Å². The Morgan fingerprint density at radius 1 is 1.14 bits per heavy atom. The van der Waals surface area contributed by atoms with E-state index >= 15 is 0 Å². The van der Waals surface area contributed by atoms with Crippen LogP contribution < -0.4 is 10.1 Å². The summed E-state index contributed by atoms with van der Waals surface area (Å²) in [5, 5.41) is 6.61. The minimum absolute atomic E-state index is 0.0120. The maximum absolute atomic E-state index is 12.7. The molecule has 0 aliphatic heterocycles. The van der Waals surface area contributed by atoms with E-state index in [1.807, 2.05) is 30.3 Å². The minimum Gasteiger partial charge on any atom is -0.492 e. The first kappa shape index (κ1) is 19.5. The van der Waals surface area contributed by atoms with Gasteiger partial charge in [0.05, 0.1) is 12.1 Å². The topological polar surface area (TPSA) is 64.4 Å². The van der Waals surface area contributed by atoms with Gasteiger partial charge in [0.1, 0.15) is 29.4 Å². The number of carbonyl (C=O) groups excluding carboxylic acids is 1. The molecule has 0 spiro atoms. The summed E-state index contributed by atoms with van der Waals surface area (Å²) < 4.78 is 48.6. The second-order valence-corrected chi connectivity index (χ2v) is 5.96. The average molecular weight is 390 g/mol. The summed E-state index contributed by atoms with van der Waals surface area (Å²) in [4.78, 5) is 12.5. The number of alkyl halides is 3. The normalized spacial score (nSPS) is 11.3. The zero-order valence-electron chi connectivity index (χ0n) is 14.9. The van der Waals surface area contributed by atoms with E-state index in [1.54, 1.807) is 6.92 Å². The average Bonchev–Trinajstić information content (AvgIpc) is 3.07. The van der Waals surface area contributed by atoms with Gasteiger partial charge in [0, 0.05) is 5.56 Å². The van der Waals surface area contributed by atoms with Crippen LogP contribution in [0.4, 0.5) is 13.2 Å². The summed E-state index contributed by atoms with van der Waals surface area (Å²) in [7, 11) is 0. The lowest BCUT2D eigenvalue weighted by atomic mass is 10.1. The fraction of sp³-hybridized carbons (Fsp3) is 0.200. The fourth-order valence-electron chi connectivity index (χ4n) is 2.62. The second-order valence-electron chi connectivity index (χ2n) is 5.96. The van der Waals surface area contributed by atoms with Crippen LogP contribution in [0.1, 0.15) is 21.7 Å². The number of carbonyl (C=O) groups is 1. The van der Waals surface area contributed by atoms with E-state index in [0.29, 0.717) is 17.0 Å². The summed E-state index contributed by atoms with van der Waals surface area (Å²) in [6.45, 7) is 1.75. The lowest BCUT2D eigenvalue weighted by Gasteiger charge is -2.11. The summed E-state index contributed by atoms with van der Waals surface area (Å²) in [5.74, 6) is 0.0515. The van der Waals surface area contributed by atoms with Crippen molar-refractivity contribution in [1.29, 1.82) is 0 Å². The third kappa shape index (κ3) is 4.51. The first-order valence-electron chi connectivity index (χ1n) is 8.46. The molecular weight excluding hydrogens is 373 g/mol. The SMILES string of the molecule is Cc1onc(-c2ccccc2)c1C(=O)NCCOc1cccc(C(F)(F)F)c1. The van der Waals surface area contributed by atoms with Gasteiger partial charge in [0.15, 0.2) is 0 Å². The highest BCUT2D eigenvalue weighted by Gasteiger charge is 2.30. The number of rotatable bonds is 6. The number of amides is 1. The number of hydrogen-bond acceptors (Lipinski definition) is 4. The number of halogens is 3. The van der Waals surface area contributed by atoms with E-state index in [-0.39, 0.29) is 18.9 Å². The Morgan fingerprint density at radius 3 is 2.61 bits per heavy atom. The highest BCUT2D eigenvalue weighted by atomic mass is 19.4. The van der Waals surface area contributed by atoms with Crippen molar-refractivity contribution < 1.29 is 27.2 Å². The van der Waals surface area contributed by atoms with Crippen LogP contribution >= 0.6 is 0 Å². The molecule has 0 radical (unpaired) electrons. The molecule has 0 saturated carbocycles. The monoisotopic (exact) mass is 390 g/mol. The van der Waals surface area contributed by atoms with Crippen LogP contribution in [0.3, 0.4) is 0 Å². The van der Waals surface area contributed by atoms with Gasteiger partial charge >= 0.3 is 6.18 Å². The fourth-order valence-corrected chi connectivity index (χ4v) is 2.62. The molecule has 146 valence electrons. The molecule has 1 heterocycles. The molecule has 0 aliphatic carbocycles. The molecule has 1 amide bonds. The number of aryl methyl sites for hydroxylation is 1. The zero-order valence-corrected chi connectivity index (χ0v) is 14.9. The Balaban J connectivity index is 1.60. The quantitative estimate of drug-likeness (QED) is 0.631. The van der Waals surface area contributed by atoms with Crippen molar-refractivity contribution in [1.82, 2.24) is 10.5 Å². The molecule has 0 saturated heterocycles. The first-order chi connectivity index (χ1) is 13.4. The van der Waals surface area contributed by atoms with E-state index in [0.717, 1.165) is 17.7 Å². The Bertz CT molecular complexity index is 953. The molecule has 0 fully saturated rings. The van der Waals surface area contributed by atoms with Gasteiger partial charge in [0.25, 0.3) is 5.91 Å². The van der Waals surface area contributed by atoms with Crippen LogP contribution in [-0.4, -0.2) is 24.2 Å². The van der Waals surface area contributed by atoms with Crippen molar-refractivity contribution in [3.05, 3.63) is 71.5 Å². The Kier molecular flexibility index (Phi) is 5.67. The smallest absolute Gasteiger partial charge is 0.416 e. The van der Waals surface area contributed by atoms with Gasteiger partial charge in [-0.1, -0.05) is 41.6 Å². The highest BCUT2D eigenvalue weighted by molar-refractivity contribution is 6.00. The van der Waals surface area contributed by atoms with Gasteiger partial charge < -0.3 is 14.6 Å². The molecule has 2 aromatic carbocycles. The van der Waals surface area contributed by atoms with Gasteiger partial charge in [-0.3, -0.25) is 4.79 Å². The predicted octanol–water partition coefficient (Wildman–Crippen LogP) is 4.48. The molecule has 1 aromatic heterocycles. The highest BCUT2D eigenvalue weighted by Crippen LogP contribution is 2.31. The Hall–Kier alpha value is -3.29. The molecule has 0 atom stereocenters. The van der Waals surface area contributed by atoms with Crippen molar-refractivity contribution in [3.63, 3.8) is 0 Å². The molecule has 28 heavy (non-hydrogen) atoms. The van der Waals surface area contributed by atoms with Crippen LogP contribution in [0.2, 0.25) is 0 Å². The number of aromatic nitrogens is 1. The summed E-state index contributed by atoms with van der Waals surface area (Å²) in [6, 6.07) is 13.7. The molecule has 3 aromatic rings.